The summed E-state index contributed by atoms with van der Waals surface area (Å²) in [5, 5.41) is 10.0. The van der Waals surface area contributed by atoms with E-state index in [-0.39, 0.29) is 11.4 Å². The van der Waals surface area contributed by atoms with Crippen LogP contribution in [-0.2, 0) is 6.18 Å². The number of amides is 1. The van der Waals surface area contributed by atoms with Gasteiger partial charge in [0.1, 0.15) is 0 Å². The summed E-state index contributed by atoms with van der Waals surface area (Å²) >= 11 is 0. The van der Waals surface area contributed by atoms with Gasteiger partial charge in [0.05, 0.1) is 17.4 Å². The predicted octanol–water partition coefficient (Wildman–Crippen LogP) is 4.16. The highest BCUT2D eigenvalue weighted by Crippen LogP contribution is 2.33. The molecule has 5 nitrogen and oxygen atoms in total. The largest absolute Gasteiger partial charge is 0.418 e. The number of carbonyl (C=O) groups excluding carboxylic acids is 1. The number of hydrogen-bond donors (Lipinski definition) is 1. The summed E-state index contributed by atoms with van der Waals surface area (Å²) in [6.45, 7) is 3.78. The zero-order chi connectivity index (χ0) is 18.9. The first-order valence-electron chi connectivity index (χ1n) is 7.73. The summed E-state index contributed by atoms with van der Waals surface area (Å²) in [5.74, 6) is -0.548. The van der Waals surface area contributed by atoms with E-state index in [1.54, 1.807) is 6.07 Å². The lowest BCUT2D eigenvalue weighted by atomic mass is 10.1. The Morgan fingerprint density at radius 2 is 1.85 bits per heavy atom. The van der Waals surface area contributed by atoms with Crippen molar-refractivity contribution < 1.29 is 18.0 Å². The number of nitrogens with zero attached hydrogens (tertiary/aromatic N) is 3. The molecule has 0 atom stereocenters. The van der Waals surface area contributed by atoms with Crippen LogP contribution < -0.4 is 5.32 Å². The quantitative estimate of drug-likeness (QED) is 0.763. The summed E-state index contributed by atoms with van der Waals surface area (Å²) in [4.78, 5) is 12.3. The first kappa shape index (κ1) is 17.7. The van der Waals surface area contributed by atoms with E-state index in [1.807, 2.05) is 26.0 Å². The number of hydrogen-bond acceptors (Lipinski definition) is 3. The van der Waals surface area contributed by atoms with Crippen LogP contribution in [0.5, 0.6) is 0 Å². The van der Waals surface area contributed by atoms with Crippen LogP contribution in [0.4, 0.5) is 18.9 Å². The Balaban J connectivity index is 1.88. The molecule has 2 aromatic carbocycles. The molecule has 0 aliphatic rings. The van der Waals surface area contributed by atoms with Gasteiger partial charge in [-0.2, -0.15) is 13.2 Å². The molecule has 0 radical (unpaired) electrons. The predicted molar refractivity (Wildman–Crippen MR) is 90.2 cm³/mol. The Bertz CT molecular complexity index is 963. The Morgan fingerprint density at radius 1 is 1.12 bits per heavy atom. The van der Waals surface area contributed by atoms with Crippen molar-refractivity contribution in [2.24, 2.45) is 0 Å². The highest BCUT2D eigenvalue weighted by molar-refractivity contribution is 6.03. The van der Waals surface area contributed by atoms with Gasteiger partial charge in [-0.15, -0.1) is 5.10 Å². The molecule has 134 valence electrons. The van der Waals surface area contributed by atoms with E-state index in [9.17, 15) is 18.0 Å². The minimum Gasteiger partial charge on any atom is -0.320 e. The van der Waals surface area contributed by atoms with E-state index in [1.165, 1.54) is 24.4 Å². The second-order valence-corrected chi connectivity index (χ2v) is 5.84. The number of carbonyl (C=O) groups is 1. The highest BCUT2D eigenvalue weighted by atomic mass is 19.4. The standard InChI is InChI=1S/C18H15F3N4O/c1-11-7-8-14(12(2)9-11)22-17(26)15-10-25(24-23-15)16-6-4-3-5-13(16)18(19,20)21/h3-10H,1-2H3,(H,22,26). The summed E-state index contributed by atoms with van der Waals surface area (Å²) in [7, 11) is 0. The van der Waals surface area contributed by atoms with Crippen molar-refractivity contribution in [3.8, 4) is 5.69 Å². The molecule has 0 bridgehead atoms. The SMILES string of the molecule is Cc1ccc(NC(=O)c2cn(-c3ccccc3C(F)(F)F)nn2)c(C)c1. The zero-order valence-electron chi connectivity index (χ0n) is 14.0. The molecule has 8 heteroatoms. The molecule has 1 N–H and O–H groups in total. The van der Waals surface area contributed by atoms with E-state index < -0.39 is 17.6 Å². The van der Waals surface area contributed by atoms with Gasteiger partial charge >= 0.3 is 6.18 Å². The number of halogens is 3. The van der Waals surface area contributed by atoms with Gasteiger partial charge in [0.25, 0.3) is 5.91 Å². The van der Waals surface area contributed by atoms with Crippen molar-refractivity contribution in [1.29, 1.82) is 0 Å². The van der Waals surface area contributed by atoms with Gasteiger partial charge < -0.3 is 5.32 Å². The number of anilines is 1. The molecule has 0 fully saturated rings. The average molecular weight is 360 g/mol. The van der Waals surface area contributed by atoms with Crippen LogP contribution in [0.2, 0.25) is 0 Å². The fourth-order valence-corrected chi connectivity index (χ4v) is 2.54. The molecule has 0 aliphatic carbocycles. The minimum absolute atomic E-state index is 0.0815. The topological polar surface area (TPSA) is 59.8 Å². The molecular weight excluding hydrogens is 345 g/mol. The summed E-state index contributed by atoms with van der Waals surface area (Å²) in [6, 6.07) is 10.5. The van der Waals surface area contributed by atoms with Gasteiger partial charge in [-0.05, 0) is 37.6 Å². The third-order valence-corrected chi connectivity index (χ3v) is 3.81. The highest BCUT2D eigenvalue weighted by Gasteiger charge is 2.34. The molecule has 3 rings (SSSR count). The monoisotopic (exact) mass is 360 g/mol. The first-order valence-corrected chi connectivity index (χ1v) is 7.73. The molecule has 0 aliphatic heterocycles. The van der Waals surface area contributed by atoms with Crippen LogP contribution in [0.1, 0.15) is 27.2 Å². The van der Waals surface area contributed by atoms with Crippen molar-refractivity contribution in [1.82, 2.24) is 15.0 Å². The second-order valence-electron chi connectivity index (χ2n) is 5.84. The van der Waals surface area contributed by atoms with E-state index in [0.717, 1.165) is 21.9 Å². The molecule has 0 saturated heterocycles. The molecule has 0 spiro atoms. The van der Waals surface area contributed by atoms with Gasteiger partial charge in [0, 0.05) is 5.69 Å². The van der Waals surface area contributed by atoms with Crippen molar-refractivity contribution in [2.45, 2.75) is 20.0 Å². The third-order valence-electron chi connectivity index (χ3n) is 3.81. The molecule has 3 aromatic rings. The van der Waals surface area contributed by atoms with Crippen molar-refractivity contribution in [3.63, 3.8) is 0 Å². The van der Waals surface area contributed by atoms with Gasteiger partial charge in [-0.1, -0.05) is 35.0 Å². The van der Waals surface area contributed by atoms with Gasteiger partial charge in [0.15, 0.2) is 5.69 Å². The second kappa shape index (κ2) is 6.62. The number of alkyl halides is 3. The van der Waals surface area contributed by atoms with E-state index in [2.05, 4.69) is 15.6 Å². The summed E-state index contributed by atoms with van der Waals surface area (Å²) in [5.41, 5.74) is 1.39. The number of aryl methyl sites for hydroxylation is 2. The number of benzene rings is 2. The summed E-state index contributed by atoms with van der Waals surface area (Å²) < 4.78 is 40.3. The number of rotatable bonds is 3. The molecular formula is C18H15F3N4O. The lowest BCUT2D eigenvalue weighted by Gasteiger charge is -2.11. The van der Waals surface area contributed by atoms with Crippen LogP contribution in [0.15, 0.2) is 48.7 Å². The van der Waals surface area contributed by atoms with Crippen LogP contribution in [-0.4, -0.2) is 20.9 Å². The maximum Gasteiger partial charge on any atom is 0.418 e. The third kappa shape index (κ3) is 3.58. The van der Waals surface area contributed by atoms with Gasteiger partial charge in [0.2, 0.25) is 0 Å². The maximum atomic E-state index is 13.1. The van der Waals surface area contributed by atoms with Crippen LogP contribution in [0, 0.1) is 13.8 Å². The molecule has 1 heterocycles. The first-order chi connectivity index (χ1) is 12.3. The minimum atomic E-state index is -4.54. The van der Waals surface area contributed by atoms with Crippen molar-refractivity contribution in [3.05, 3.63) is 71.0 Å². The Hall–Kier alpha value is -3.16. The van der Waals surface area contributed by atoms with Gasteiger partial charge in [-0.3, -0.25) is 4.79 Å². The zero-order valence-corrected chi connectivity index (χ0v) is 14.0. The maximum absolute atomic E-state index is 13.1. The number of nitrogens with one attached hydrogen (secondary N) is 1. The van der Waals surface area contributed by atoms with E-state index in [4.69, 9.17) is 0 Å². The fraction of sp³-hybridized carbons (Fsp3) is 0.167. The molecule has 0 saturated carbocycles. The number of aromatic nitrogens is 3. The van der Waals surface area contributed by atoms with Crippen LogP contribution in [0.25, 0.3) is 5.69 Å². The van der Waals surface area contributed by atoms with E-state index >= 15 is 0 Å². The van der Waals surface area contributed by atoms with E-state index in [0.29, 0.717) is 5.69 Å². The lowest BCUT2D eigenvalue weighted by Crippen LogP contribution is -2.13. The molecule has 26 heavy (non-hydrogen) atoms. The fourth-order valence-electron chi connectivity index (χ4n) is 2.54. The Labute approximate surface area is 147 Å². The summed E-state index contributed by atoms with van der Waals surface area (Å²) in [6.07, 6.45) is -3.37. The van der Waals surface area contributed by atoms with Crippen molar-refractivity contribution >= 4 is 11.6 Å². The van der Waals surface area contributed by atoms with Crippen LogP contribution in [0.3, 0.4) is 0 Å². The molecule has 1 amide bonds. The van der Waals surface area contributed by atoms with Crippen LogP contribution >= 0.6 is 0 Å². The smallest absolute Gasteiger partial charge is 0.320 e. The Kier molecular flexibility index (Phi) is 4.50. The Morgan fingerprint density at radius 3 is 2.54 bits per heavy atom. The molecule has 1 aromatic heterocycles. The van der Waals surface area contributed by atoms with Gasteiger partial charge in [-0.25, -0.2) is 4.68 Å². The van der Waals surface area contributed by atoms with Crippen molar-refractivity contribution in [2.75, 3.05) is 5.32 Å². The average Bonchev–Trinajstić information content (AvgIpc) is 3.06. The normalized spacial score (nSPS) is 11.4. The lowest BCUT2D eigenvalue weighted by molar-refractivity contribution is -0.137. The molecule has 0 unspecified atom stereocenters. The number of para-hydroxylation sites is 1.